The van der Waals surface area contributed by atoms with Gasteiger partial charge in [0.1, 0.15) is 11.6 Å². The van der Waals surface area contributed by atoms with E-state index < -0.39 is 11.6 Å². The molecule has 0 saturated heterocycles. The van der Waals surface area contributed by atoms with Gasteiger partial charge in [-0.15, -0.1) is 11.6 Å². The second-order valence-electron chi connectivity index (χ2n) is 3.11. The number of hydrogen-bond donors (Lipinski definition) is 0. The van der Waals surface area contributed by atoms with Gasteiger partial charge in [0.15, 0.2) is 5.82 Å². The van der Waals surface area contributed by atoms with Gasteiger partial charge in [-0.25, -0.2) is 8.78 Å². The minimum absolute atomic E-state index is 0.0810. The number of aromatic nitrogens is 2. The second kappa shape index (κ2) is 4.57. The van der Waals surface area contributed by atoms with Gasteiger partial charge >= 0.3 is 0 Å². The van der Waals surface area contributed by atoms with Crippen molar-refractivity contribution in [3.05, 3.63) is 47.1 Å². The van der Waals surface area contributed by atoms with E-state index in [2.05, 4.69) is 10.1 Å². The van der Waals surface area contributed by atoms with Gasteiger partial charge in [-0.05, 0) is 12.1 Å². The summed E-state index contributed by atoms with van der Waals surface area (Å²) in [4.78, 5) is 3.86. The van der Waals surface area contributed by atoms with Crippen LogP contribution in [0.25, 0.3) is 0 Å². The maximum absolute atomic E-state index is 13.3. The highest BCUT2D eigenvalue weighted by Gasteiger charge is 2.13. The summed E-state index contributed by atoms with van der Waals surface area (Å²) in [6.45, 7) is 0. The van der Waals surface area contributed by atoms with Crippen molar-refractivity contribution >= 4 is 11.6 Å². The predicted molar refractivity (Wildman–Crippen MR) is 53.0 cm³/mol. The van der Waals surface area contributed by atoms with Crippen molar-refractivity contribution in [1.29, 1.82) is 0 Å². The van der Waals surface area contributed by atoms with Crippen LogP contribution in [0.15, 0.2) is 22.7 Å². The topological polar surface area (TPSA) is 38.9 Å². The standard InChI is InChI=1S/C10H7ClF2N2O/c11-5-9-14-10(16-15-9)4-6-7(12)2-1-3-8(6)13/h1-3H,4-5H2. The smallest absolute Gasteiger partial charge is 0.231 e. The predicted octanol–water partition coefficient (Wildman–Crippen LogP) is 2.68. The molecule has 84 valence electrons. The van der Waals surface area contributed by atoms with Gasteiger partial charge in [0.2, 0.25) is 5.89 Å². The maximum atomic E-state index is 13.3. The number of hydrogen-bond acceptors (Lipinski definition) is 3. The van der Waals surface area contributed by atoms with E-state index in [1.807, 2.05) is 0 Å². The molecule has 2 rings (SSSR count). The van der Waals surface area contributed by atoms with Gasteiger partial charge in [-0.1, -0.05) is 11.2 Å². The van der Waals surface area contributed by atoms with E-state index in [0.29, 0.717) is 5.82 Å². The monoisotopic (exact) mass is 244 g/mol. The van der Waals surface area contributed by atoms with Gasteiger partial charge in [0, 0.05) is 5.56 Å². The SMILES string of the molecule is Fc1cccc(F)c1Cc1nc(CCl)no1. The summed E-state index contributed by atoms with van der Waals surface area (Å²) in [5.74, 6) is -0.729. The number of halogens is 3. The molecule has 16 heavy (non-hydrogen) atoms. The molecule has 0 atom stereocenters. The summed E-state index contributed by atoms with van der Waals surface area (Å²) in [6, 6.07) is 3.65. The van der Waals surface area contributed by atoms with Crippen LogP contribution in [-0.2, 0) is 12.3 Å². The highest BCUT2D eigenvalue weighted by molar-refractivity contribution is 6.16. The van der Waals surface area contributed by atoms with Crippen LogP contribution in [0.4, 0.5) is 8.78 Å². The van der Waals surface area contributed by atoms with E-state index in [1.165, 1.54) is 18.2 Å². The zero-order valence-electron chi connectivity index (χ0n) is 8.08. The van der Waals surface area contributed by atoms with Crippen LogP contribution in [0.3, 0.4) is 0 Å². The van der Waals surface area contributed by atoms with E-state index in [1.54, 1.807) is 0 Å². The van der Waals surface area contributed by atoms with Crippen LogP contribution in [0.5, 0.6) is 0 Å². The third-order valence-electron chi connectivity index (χ3n) is 2.02. The first kappa shape index (κ1) is 11.0. The van der Waals surface area contributed by atoms with Gasteiger partial charge in [0.05, 0.1) is 12.3 Å². The fraction of sp³-hybridized carbons (Fsp3) is 0.200. The lowest BCUT2D eigenvalue weighted by molar-refractivity contribution is 0.377. The fourth-order valence-corrected chi connectivity index (χ4v) is 1.38. The minimum atomic E-state index is -0.634. The van der Waals surface area contributed by atoms with Crippen molar-refractivity contribution in [2.75, 3.05) is 0 Å². The van der Waals surface area contributed by atoms with E-state index in [9.17, 15) is 8.78 Å². The van der Waals surface area contributed by atoms with Crippen molar-refractivity contribution in [1.82, 2.24) is 10.1 Å². The largest absolute Gasteiger partial charge is 0.339 e. The van der Waals surface area contributed by atoms with Crippen molar-refractivity contribution < 1.29 is 13.3 Å². The van der Waals surface area contributed by atoms with Crippen molar-refractivity contribution in [2.24, 2.45) is 0 Å². The summed E-state index contributed by atoms with van der Waals surface area (Å²) in [5, 5.41) is 3.53. The molecule has 2 aromatic rings. The third-order valence-corrected chi connectivity index (χ3v) is 2.26. The summed E-state index contributed by atoms with van der Waals surface area (Å²) in [6.07, 6.45) is -0.0810. The third kappa shape index (κ3) is 2.19. The Morgan fingerprint density at radius 3 is 2.50 bits per heavy atom. The molecule has 0 aliphatic heterocycles. The quantitative estimate of drug-likeness (QED) is 0.780. The van der Waals surface area contributed by atoms with E-state index >= 15 is 0 Å². The normalized spacial score (nSPS) is 10.7. The zero-order chi connectivity index (χ0) is 11.5. The Labute approximate surface area is 95.0 Å². The molecule has 0 aliphatic carbocycles. The highest BCUT2D eigenvalue weighted by Crippen LogP contribution is 2.16. The molecule has 0 N–H and O–H groups in total. The molecule has 0 spiro atoms. The highest BCUT2D eigenvalue weighted by atomic mass is 35.5. The first-order chi connectivity index (χ1) is 7.70. The zero-order valence-corrected chi connectivity index (χ0v) is 8.84. The Hall–Kier alpha value is -1.49. The molecular weight excluding hydrogens is 238 g/mol. The van der Waals surface area contributed by atoms with Gasteiger partial charge in [-0.2, -0.15) is 4.98 Å². The fourth-order valence-electron chi connectivity index (χ4n) is 1.27. The average molecular weight is 245 g/mol. The van der Waals surface area contributed by atoms with Crippen LogP contribution in [0, 0.1) is 11.6 Å². The van der Waals surface area contributed by atoms with Crippen LogP contribution in [0.2, 0.25) is 0 Å². The molecule has 0 aliphatic rings. The van der Waals surface area contributed by atoms with E-state index in [4.69, 9.17) is 16.1 Å². The molecule has 0 amide bonds. The van der Waals surface area contributed by atoms with Gasteiger partial charge in [0.25, 0.3) is 0 Å². The molecule has 0 saturated carbocycles. The lowest BCUT2D eigenvalue weighted by atomic mass is 10.1. The van der Waals surface area contributed by atoms with E-state index in [0.717, 1.165) is 0 Å². The first-order valence-electron chi connectivity index (χ1n) is 4.51. The minimum Gasteiger partial charge on any atom is -0.339 e. The lowest BCUT2D eigenvalue weighted by Crippen LogP contribution is -1.97. The number of nitrogens with zero attached hydrogens (tertiary/aromatic N) is 2. The van der Waals surface area contributed by atoms with Crippen LogP contribution < -0.4 is 0 Å². The van der Waals surface area contributed by atoms with Gasteiger partial charge < -0.3 is 4.52 Å². The molecule has 1 heterocycles. The molecule has 0 bridgehead atoms. The number of benzene rings is 1. The first-order valence-corrected chi connectivity index (χ1v) is 5.04. The maximum Gasteiger partial charge on any atom is 0.231 e. The van der Waals surface area contributed by atoms with Crippen LogP contribution in [0.1, 0.15) is 17.3 Å². The summed E-state index contributed by atoms with van der Waals surface area (Å²) >= 11 is 5.47. The molecule has 0 radical (unpaired) electrons. The Kier molecular flexibility index (Phi) is 3.14. The van der Waals surface area contributed by atoms with Crippen LogP contribution >= 0.6 is 11.6 Å². The summed E-state index contributed by atoms with van der Waals surface area (Å²) < 4.78 is 31.3. The van der Waals surface area contributed by atoms with E-state index in [-0.39, 0.29) is 23.8 Å². The molecule has 0 fully saturated rings. The lowest BCUT2D eigenvalue weighted by Gasteiger charge is -2.00. The van der Waals surface area contributed by atoms with Crippen molar-refractivity contribution in [3.8, 4) is 0 Å². The van der Waals surface area contributed by atoms with Crippen LogP contribution in [-0.4, -0.2) is 10.1 Å². The average Bonchev–Trinajstić information content (AvgIpc) is 2.71. The van der Waals surface area contributed by atoms with Gasteiger partial charge in [-0.3, -0.25) is 0 Å². The molecular formula is C10H7ClF2N2O. The molecule has 3 nitrogen and oxygen atoms in total. The molecule has 1 aromatic heterocycles. The second-order valence-corrected chi connectivity index (χ2v) is 3.38. The number of rotatable bonds is 3. The van der Waals surface area contributed by atoms with Crippen molar-refractivity contribution in [2.45, 2.75) is 12.3 Å². The molecule has 0 unspecified atom stereocenters. The Morgan fingerprint density at radius 1 is 1.25 bits per heavy atom. The Morgan fingerprint density at radius 2 is 1.94 bits per heavy atom. The Bertz CT molecular complexity index is 481. The number of alkyl halides is 1. The molecule has 1 aromatic carbocycles. The summed E-state index contributed by atoms with van der Waals surface area (Å²) in [7, 11) is 0. The Balaban J connectivity index is 2.26. The summed E-state index contributed by atoms with van der Waals surface area (Å²) in [5.41, 5.74) is -0.0905. The van der Waals surface area contributed by atoms with Crippen molar-refractivity contribution in [3.63, 3.8) is 0 Å². The molecule has 6 heteroatoms.